The minimum absolute atomic E-state index is 0.0701. The van der Waals surface area contributed by atoms with Crippen LogP contribution in [0.3, 0.4) is 0 Å². The fourth-order valence-corrected chi connectivity index (χ4v) is 2.44. The molecule has 2 N–H and O–H groups in total. The van der Waals surface area contributed by atoms with Crippen molar-refractivity contribution in [3.05, 3.63) is 58.3 Å². The summed E-state index contributed by atoms with van der Waals surface area (Å²) in [5.41, 5.74) is 7.96. The third-order valence-electron chi connectivity index (χ3n) is 3.20. The van der Waals surface area contributed by atoms with Crippen LogP contribution in [0.5, 0.6) is 0 Å². The van der Waals surface area contributed by atoms with Gasteiger partial charge in [-0.3, -0.25) is 9.78 Å². The Balaban J connectivity index is 2.27. The van der Waals surface area contributed by atoms with Crippen LogP contribution in [-0.4, -0.2) is 21.8 Å². The monoisotopic (exact) mass is 347 g/mol. The maximum atomic E-state index is 12.7. The summed E-state index contributed by atoms with van der Waals surface area (Å²) in [6, 6.07) is 9.22. The lowest BCUT2D eigenvalue weighted by molar-refractivity contribution is 0.0691. The molecule has 110 valence electrons. The molecule has 0 aliphatic carbocycles. The number of pyridine rings is 1. The van der Waals surface area contributed by atoms with Crippen molar-refractivity contribution in [2.75, 3.05) is 5.73 Å². The first-order valence-electron chi connectivity index (χ1n) is 6.74. The third kappa shape index (κ3) is 3.82. The van der Waals surface area contributed by atoms with Crippen LogP contribution < -0.4 is 5.73 Å². The number of carbonyl (C=O) groups is 1. The number of benzene rings is 1. The molecule has 0 bridgehead atoms. The number of nitrogens with two attached hydrogens (primary N) is 1. The van der Waals surface area contributed by atoms with Crippen molar-refractivity contribution >= 4 is 27.5 Å². The Morgan fingerprint density at radius 2 is 2.14 bits per heavy atom. The quantitative estimate of drug-likeness (QED) is 0.861. The van der Waals surface area contributed by atoms with Crippen molar-refractivity contribution in [3.8, 4) is 0 Å². The van der Waals surface area contributed by atoms with E-state index in [1.54, 1.807) is 29.4 Å². The first-order valence-corrected chi connectivity index (χ1v) is 7.53. The molecule has 4 nitrogen and oxygen atoms in total. The van der Waals surface area contributed by atoms with Gasteiger partial charge < -0.3 is 10.6 Å². The fraction of sp³-hybridized carbons (Fsp3) is 0.250. The van der Waals surface area contributed by atoms with Gasteiger partial charge in [0.1, 0.15) is 0 Å². The number of nitrogen functional groups attached to an aromatic ring is 1. The van der Waals surface area contributed by atoms with E-state index in [0.29, 0.717) is 17.8 Å². The SMILES string of the molecule is CC(C)N(Cc1cccnc1)C(=O)c1ccc(Br)cc1N. The van der Waals surface area contributed by atoms with Crippen molar-refractivity contribution in [3.63, 3.8) is 0 Å². The van der Waals surface area contributed by atoms with Gasteiger partial charge in [0.05, 0.1) is 5.56 Å². The smallest absolute Gasteiger partial charge is 0.256 e. The van der Waals surface area contributed by atoms with E-state index < -0.39 is 0 Å². The van der Waals surface area contributed by atoms with Crippen LogP contribution in [0.25, 0.3) is 0 Å². The average Bonchev–Trinajstić information content (AvgIpc) is 2.45. The molecule has 2 rings (SSSR count). The van der Waals surface area contributed by atoms with E-state index >= 15 is 0 Å². The number of hydrogen-bond donors (Lipinski definition) is 1. The Morgan fingerprint density at radius 1 is 1.38 bits per heavy atom. The van der Waals surface area contributed by atoms with Gasteiger partial charge in [0.25, 0.3) is 5.91 Å². The molecule has 1 aromatic heterocycles. The summed E-state index contributed by atoms with van der Waals surface area (Å²) in [4.78, 5) is 18.6. The summed E-state index contributed by atoms with van der Waals surface area (Å²) in [5.74, 6) is -0.0705. The Labute approximate surface area is 133 Å². The Kier molecular flexibility index (Phi) is 4.96. The summed E-state index contributed by atoms with van der Waals surface area (Å²) in [7, 11) is 0. The number of amides is 1. The largest absolute Gasteiger partial charge is 0.398 e. The molecule has 0 saturated carbocycles. The summed E-state index contributed by atoms with van der Waals surface area (Å²) < 4.78 is 0.861. The number of nitrogens with zero attached hydrogens (tertiary/aromatic N) is 2. The number of halogens is 1. The Morgan fingerprint density at radius 3 is 2.71 bits per heavy atom. The molecular weight excluding hydrogens is 330 g/mol. The highest BCUT2D eigenvalue weighted by molar-refractivity contribution is 9.10. The molecule has 0 fully saturated rings. The minimum atomic E-state index is -0.0705. The molecule has 1 aromatic carbocycles. The van der Waals surface area contributed by atoms with Gasteiger partial charge in [0, 0.05) is 35.1 Å². The van der Waals surface area contributed by atoms with E-state index in [4.69, 9.17) is 5.73 Å². The molecule has 2 aromatic rings. The molecular formula is C16H18BrN3O. The van der Waals surface area contributed by atoms with Gasteiger partial charge in [-0.05, 0) is 43.7 Å². The normalized spacial score (nSPS) is 10.7. The van der Waals surface area contributed by atoms with Crippen LogP contribution in [0.2, 0.25) is 0 Å². The molecule has 0 spiro atoms. The second kappa shape index (κ2) is 6.72. The van der Waals surface area contributed by atoms with E-state index in [1.165, 1.54) is 0 Å². The Bertz CT molecular complexity index is 629. The second-order valence-electron chi connectivity index (χ2n) is 5.12. The zero-order valence-electron chi connectivity index (χ0n) is 12.1. The van der Waals surface area contributed by atoms with Crippen LogP contribution in [0.15, 0.2) is 47.2 Å². The summed E-state index contributed by atoms with van der Waals surface area (Å²) in [5, 5.41) is 0. The predicted molar refractivity (Wildman–Crippen MR) is 87.8 cm³/mol. The van der Waals surface area contributed by atoms with Crippen molar-refractivity contribution in [1.82, 2.24) is 9.88 Å². The highest BCUT2D eigenvalue weighted by Gasteiger charge is 2.21. The molecule has 0 saturated heterocycles. The van der Waals surface area contributed by atoms with Crippen LogP contribution >= 0.6 is 15.9 Å². The van der Waals surface area contributed by atoms with Gasteiger partial charge >= 0.3 is 0 Å². The van der Waals surface area contributed by atoms with Gasteiger partial charge in [-0.2, -0.15) is 0 Å². The van der Waals surface area contributed by atoms with Crippen molar-refractivity contribution in [2.45, 2.75) is 26.4 Å². The molecule has 0 aliphatic heterocycles. The van der Waals surface area contributed by atoms with Crippen LogP contribution in [0.1, 0.15) is 29.8 Å². The molecule has 5 heteroatoms. The van der Waals surface area contributed by atoms with Crippen molar-refractivity contribution in [2.24, 2.45) is 0 Å². The number of aromatic nitrogens is 1. The molecule has 0 radical (unpaired) electrons. The van der Waals surface area contributed by atoms with Crippen molar-refractivity contribution in [1.29, 1.82) is 0 Å². The van der Waals surface area contributed by atoms with Gasteiger partial charge in [-0.15, -0.1) is 0 Å². The highest BCUT2D eigenvalue weighted by Crippen LogP contribution is 2.21. The number of carbonyl (C=O) groups excluding carboxylic acids is 1. The van der Waals surface area contributed by atoms with Gasteiger partial charge in [-0.1, -0.05) is 22.0 Å². The number of hydrogen-bond acceptors (Lipinski definition) is 3. The molecule has 0 aliphatic rings. The average molecular weight is 348 g/mol. The topological polar surface area (TPSA) is 59.2 Å². The molecule has 1 heterocycles. The maximum Gasteiger partial charge on any atom is 0.256 e. The van der Waals surface area contributed by atoms with Gasteiger partial charge in [-0.25, -0.2) is 0 Å². The van der Waals surface area contributed by atoms with Crippen LogP contribution in [0.4, 0.5) is 5.69 Å². The lowest BCUT2D eigenvalue weighted by Crippen LogP contribution is -2.36. The van der Waals surface area contributed by atoms with Crippen LogP contribution in [0, 0.1) is 0 Å². The maximum absolute atomic E-state index is 12.7. The van der Waals surface area contributed by atoms with Gasteiger partial charge in [0.2, 0.25) is 0 Å². The van der Waals surface area contributed by atoms with Crippen LogP contribution in [-0.2, 0) is 6.54 Å². The third-order valence-corrected chi connectivity index (χ3v) is 3.70. The molecule has 0 atom stereocenters. The summed E-state index contributed by atoms with van der Waals surface area (Å²) in [6.45, 7) is 4.49. The fourth-order valence-electron chi connectivity index (χ4n) is 2.06. The first-order chi connectivity index (χ1) is 9.99. The zero-order chi connectivity index (χ0) is 15.4. The number of rotatable bonds is 4. The molecule has 0 unspecified atom stereocenters. The minimum Gasteiger partial charge on any atom is -0.398 e. The second-order valence-corrected chi connectivity index (χ2v) is 6.04. The van der Waals surface area contributed by atoms with Gasteiger partial charge in [0.15, 0.2) is 0 Å². The zero-order valence-corrected chi connectivity index (χ0v) is 13.7. The summed E-state index contributed by atoms with van der Waals surface area (Å²) >= 11 is 3.35. The predicted octanol–water partition coefficient (Wildman–Crippen LogP) is 3.48. The summed E-state index contributed by atoms with van der Waals surface area (Å²) in [6.07, 6.45) is 3.49. The van der Waals surface area contributed by atoms with E-state index in [2.05, 4.69) is 20.9 Å². The van der Waals surface area contributed by atoms with E-state index in [1.807, 2.05) is 32.0 Å². The lowest BCUT2D eigenvalue weighted by Gasteiger charge is -2.27. The Hall–Kier alpha value is -1.88. The first kappa shape index (κ1) is 15.5. The molecule has 1 amide bonds. The lowest BCUT2D eigenvalue weighted by atomic mass is 10.1. The van der Waals surface area contributed by atoms with E-state index in [-0.39, 0.29) is 11.9 Å². The number of anilines is 1. The van der Waals surface area contributed by atoms with Crippen molar-refractivity contribution < 1.29 is 4.79 Å². The highest BCUT2D eigenvalue weighted by atomic mass is 79.9. The van der Waals surface area contributed by atoms with E-state index in [0.717, 1.165) is 10.0 Å². The standard InChI is InChI=1S/C16H18BrN3O/c1-11(2)20(10-12-4-3-7-19-9-12)16(21)14-6-5-13(17)8-15(14)18/h3-9,11H,10,18H2,1-2H3. The van der Waals surface area contributed by atoms with E-state index in [9.17, 15) is 4.79 Å². The molecule has 21 heavy (non-hydrogen) atoms.